The number of rotatable bonds is 4. The van der Waals surface area contributed by atoms with Crippen molar-refractivity contribution in [1.82, 2.24) is 29.5 Å². The van der Waals surface area contributed by atoms with Crippen LogP contribution < -0.4 is 4.74 Å². The highest BCUT2D eigenvalue weighted by Gasteiger charge is 2.44. The number of alkyl halides is 2. The number of aryl methyl sites for hydroxylation is 1. The van der Waals surface area contributed by atoms with Gasteiger partial charge in [-0.15, -0.1) is 0 Å². The van der Waals surface area contributed by atoms with E-state index in [-0.39, 0.29) is 18.0 Å². The second kappa shape index (κ2) is 8.60. The Morgan fingerprint density at radius 1 is 1.21 bits per heavy atom. The first-order valence-electron chi connectivity index (χ1n) is 10.5. The number of hydrogen-bond donors (Lipinski definition) is 0. The second-order valence-electron chi connectivity index (χ2n) is 8.15. The number of fused-ring (bicyclic) bond motifs is 1. The van der Waals surface area contributed by atoms with Crippen molar-refractivity contribution in [2.24, 2.45) is 0 Å². The number of halogens is 3. The van der Waals surface area contributed by atoms with Crippen molar-refractivity contribution in [1.29, 1.82) is 0 Å². The molecule has 11 heteroatoms. The van der Waals surface area contributed by atoms with Gasteiger partial charge in [0.15, 0.2) is 0 Å². The van der Waals surface area contributed by atoms with Gasteiger partial charge in [0.1, 0.15) is 17.6 Å². The van der Waals surface area contributed by atoms with Gasteiger partial charge in [-0.25, -0.2) is 23.3 Å². The summed E-state index contributed by atoms with van der Waals surface area (Å²) in [4.78, 5) is 27.0. The Balaban J connectivity index is 1.46. The Hall–Kier alpha value is -3.66. The van der Waals surface area contributed by atoms with Crippen LogP contribution in [0.4, 0.5) is 8.78 Å². The van der Waals surface area contributed by atoms with E-state index in [1.54, 1.807) is 43.3 Å². The Bertz CT molecular complexity index is 1360. The van der Waals surface area contributed by atoms with Gasteiger partial charge in [-0.3, -0.25) is 4.79 Å². The number of pyridine rings is 1. The Labute approximate surface area is 198 Å². The number of likely N-dealkylation sites (tertiary alicyclic amines) is 1. The number of piperidine rings is 1. The van der Waals surface area contributed by atoms with Crippen molar-refractivity contribution in [2.75, 3.05) is 13.1 Å². The predicted molar refractivity (Wildman–Crippen MR) is 119 cm³/mol. The van der Waals surface area contributed by atoms with Gasteiger partial charge in [-0.2, -0.15) is 10.1 Å². The molecule has 0 saturated carbocycles. The lowest BCUT2D eigenvalue weighted by atomic mass is 9.91. The Morgan fingerprint density at radius 2 is 2.00 bits per heavy atom. The maximum atomic E-state index is 14.9. The molecule has 0 spiro atoms. The zero-order valence-corrected chi connectivity index (χ0v) is 18.8. The molecule has 1 fully saturated rings. The number of ether oxygens (including phenoxy) is 1. The predicted octanol–water partition coefficient (Wildman–Crippen LogP) is 4.54. The Kier molecular flexibility index (Phi) is 5.60. The third-order valence-corrected chi connectivity index (χ3v) is 5.80. The van der Waals surface area contributed by atoms with Crippen LogP contribution in [0.5, 0.6) is 11.6 Å². The minimum Gasteiger partial charge on any atom is -0.438 e. The average Bonchev–Trinajstić information content (AvgIpc) is 3.27. The van der Waals surface area contributed by atoms with Crippen LogP contribution in [0.25, 0.3) is 5.78 Å². The van der Waals surface area contributed by atoms with Crippen molar-refractivity contribution in [3.05, 3.63) is 77.0 Å². The highest BCUT2D eigenvalue weighted by molar-refractivity contribution is 6.30. The molecule has 4 aromatic rings. The summed E-state index contributed by atoms with van der Waals surface area (Å²) in [6.45, 7) is 1.13. The molecule has 1 aliphatic heterocycles. The molecule has 1 aliphatic rings. The van der Waals surface area contributed by atoms with Gasteiger partial charge in [0.25, 0.3) is 17.6 Å². The summed E-state index contributed by atoms with van der Waals surface area (Å²) >= 11 is 5.91. The molecule has 4 heterocycles. The van der Waals surface area contributed by atoms with Crippen LogP contribution in [0.3, 0.4) is 0 Å². The lowest BCUT2D eigenvalue weighted by Crippen LogP contribution is -2.49. The lowest BCUT2D eigenvalue weighted by Gasteiger charge is -2.37. The molecule has 1 atom stereocenters. The minimum absolute atomic E-state index is 0.0266. The van der Waals surface area contributed by atoms with Gasteiger partial charge in [0.2, 0.25) is 5.88 Å². The van der Waals surface area contributed by atoms with Crippen molar-refractivity contribution < 1.29 is 18.3 Å². The van der Waals surface area contributed by atoms with E-state index in [9.17, 15) is 13.6 Å². The van der Waals surface area contributed by atoms with E-state index in [0.29, 0.717) is 27.9 Å². The van der Waals surface area contributed by atoms with Crippen molar-refractivity contribution in [3.8, 4) is 11.6 Å². The van der Waals surface area contributed by atoms with Crippen LogP contribution in [0, 0.1) is 6.92 Å². The standard InChI is InChI=1S/C23H19ClF2N6O2/c1-14-9-19(32-22(30-14)28-13-29-32)15-10-23(25,26)12-31(11-15)21(33)18-3-2-8-27-20(18)34-17-6-4-16(24)5-7-17/h2-9,13,15H,10-12H2,1H3. The molecule has 0 aliphatic carbocycles. The first-order valence-corrected chi connectivity index (χ1v) is 10.9. The molecule has 5 rings (SSSR count). The van der Waals surface area contributed by atoms with E-state index in [0.717, 1.165) is 4.90 Å². The number of nitrogens with zero attached hydrogens (tertiary/aromatic N) is 6. The van der Waals surface area contributed by atoms with E-state index in [1.807, 2.05) is 0 Å². The van der Waals surface area contributed by atoms with Crippen molar-refractivity contribution in [2.45, 2.75) is 25.2 Å². The molecule has 1 unspecified atom stereocenters. The normalized spacial score (nSPS) is 17.6. The maximum absolute atomic E-state index is 14.9. The number of amides is 1. The van der Waals surface area contributed by atoms with Crippen LogP contribution in [0.1, 0.15) is 34.1 Å². The zero-order valence-electron chi connectivity index (χ0n) is 18.0. The lowest BCUT2D eigenvalue weighted by molar-refractivity contribution is -0.0641. The van der Waals surface area contributed by atoms with Crippen LogP contribution in [-0.2, 0) is 0 Å². The number of carbonyl (C=O) groups is 1. The first-order chi connectivity index (χ1) is 16.3. The molecule has 34 heavy (non-hydrogen) atoms. The average molecular weight is 485 g/mol. The summed E-state index contributed by atoms with van der Waals surface area (Å²) in [6, 6.07) is 11.3. The van der Waals surface area contributed by atoms with Gasteiger partial charge >= 0.3 is 0 Å². The molecule has 1 amide bonds. The molecular formula is C23H19ClF2N6O2. The minimum atomic E-state index is -3.10. The smallest absolute Gasteiger partial charge is 0.266 e. The monoisotopic (exact) mass is 484 g/mol. The molecule has 1 saturated heterocycles. The summed E-state index contributed by atoms with van der Waals surface area (Å²) in [5, 5.41) is 4.66. The van der Waals surface area contributed by atoms with E-state index in [4.69, 9.17) is 16.3 Å². The van der Waals surface area contributed by atoms with E-state index in [2.05, 4.69) is 20.1 Å². The highest BCUT2D eigenvalue weighted by Crippen LogP contribution is 2.37. The zero-order chi connectivity index (χ0) is 23.9. The summed E-state index contributed by atoms with van der Waals surface area (Å²) in [5.41, 5.74) is 1.25. The fourth-order valence-electron chi connectivity index (χ4n) is 4.12. The van der Waals surface area contributed by atoms with Crippen LogP contribution in [0.15, 0.2) is 55.0 Å². The molecule has 0 N–H and O–H groups in total. The van der Waals surface area contributed by atoms with E-state index >= 15 is 0 Å². The fourth-order valence-corrected chi connectivity index (χ4v) is 4.25. The summed E-state index contributed by atoms with van der Waals surface area (Å²) in [5.74, 6) is -3.59. The fraction of sp³-hybridized carbons (Fsp3) is 0.261. The number of carbonyl (C=O) groups excluding carboxylic acids is 1. The van der Waals surface area contributed by atoms with Gasteiger partial charge in [-0.05, 0) is 49.4 Å². The number of hydrogen-bond acceptors (Lipinski definition) is 6. The van der Waals surface area contributed by atoms with Gasteiger partial charge in [0, 0.05) is 35.8 Å². The van der Waals surface area contributed by atoms with Crippen LogP contribution in [-0.4, -0.2) is 54.4 Å². The second-order valence-corrected chi connectivity index (χ2v) is 8.59. The third kappa shape index (κ3) is 4.41. The molecule has 0 radical (unpaired) electrons. The van der Waals surface area contributed by atoms with Gasteiger partial charge < -0.3 is 9.64 Å². The quantitative estimate of drug-likeness (QED) is 0.423. The van der Waals surface area contributed by atoms with Crippen molar-refractivity contribution in [3.63, 3.8) is 0 Å². The number of aromatic nitrogens is 5. The summed E-state index contributed by atoms with van der Waals surface area (Å²) in [7, 11) is 0. The molecule has 0 bridgehead atoms. The highest BCUT2D eigenvalue weighted by atomic mass is 35.5. The molecule has 1 aromatic carbocycles. The van der Waals surface area contributed by atoms with Crippen molar-refractivity contribution >= 4 is 23.3 Å². The molecule has 3 aromatic heterocycles. The van der Waals surface area contributed by atoms with Gasteiger partial charge in [0.05, 0.1) is 12.2 Å². The van der Waals surface area contributed by atoms with Gasteiger partial charge in [-0.1, -0.05) is 11.6 Å². The Morgan fingerprint density at radius 3 is 2.79 bits per heavy atom. The largest absolute Gasteiger partial charge is 0.438 e. The van der Waals surface area contributed by atoms with E-state index in [1.165, 1.54) is 23.1 Å². The third-order valence-electron chi connectivity index (χ3n) is 5.55. The summed E-state index contributed by atoms with van der Waals surface area (Å²) in [6.07, 6.45) is 2.37. The topological polar surface area (TPSA) is 85.5 Å². The molecule has 8 nitrogen and oxygen atoms in total. The van der Waals surface area contributed by atoms with E-state index < -0.39 is 30.7 Å². The molecule has 174 valence electrons. The summed E-state index contributed by atoms with van der Waals surface area (Å²) < 4.78 is 36.9. The maximum Gasteiger partial charge on any atom is 0.266 e. The van der Waals surface area contributed by atoms with Crippen LogP contribution >= 0.6 is 11.6 Å². The first kappa shape index (κ1) is 22.1. The SMILES string of the molecule is Cc1cc(C2CN(C(=O)c3cccnc3Oc3ccc(Cl)cc3)CC(F)(F)C2)n2ncnc2n1. The molecular weight excluding hydrogens is 466 g/mol. The number of benzene rings is 1. The van der Waals surface area contributed by atoms with Crippen LogP contribution in [0.2, 0.25) is 5.02 Å².